The number of fused-ring (bicyclic) bond motifs is 2. The molecule has 0 radical (unpaired) electrons. The summed E-state index contributed by atoms with van der Waals surface area (Å²) >= 11 is 0. The first-order valence-electron chi connectivity index (χ1n) is 11.6. The van der Waals surface area contributed by atoms with Crippen LogP contribution in [0.3, 0.4) is 0 Å². The molecule has 11 heteroatoms. The highest BCUT2D eigenvalue weighted by Gasteiger charge is 2.25. The number of anilines is 1. The average Bonchev–Trinajstić information content (AvgIpc) is 2.86. The molecule has 0 amide bonds. The number of carboxylic acids is 1. The van der Waals surface area contributed by atoms with E-state index in [1.807, 2.05) is 24.9 Å². The summed E-state index contributed by atoms with van der Waals surface area (Å²) in [7, 11) is 0. The molecule has 0 unspecified atom stereocenters. The van der Waals surface area contributed by atoms with Crippen LogP contribution >= 0.6 is 12.4 Å². The van der Waals surface area contributed by atoms with Crippen LogP contribution < -0.4 is 15.1 Å². The van der Waals surface area contributed by atoms with E-state index in [0.29, 0.717) is 44.0 Å². The lowest BCUT2D eigenvalue weighted by Crippen LogP contribution is -2.46. The van der Waals surface area contributed by atoms with Crippen molar-refractivity contribution in [2.75, 3.05) is 37.9 Å². The fraction of sp³-hybridized carbons (Fsp3) is 0.400. The monoisotopic (exact) mass is 518 g/mol. The number of nitrogens with zero attached hydrogens (tertiary/aromatic N) is 4. The number of aromatic nitrogens is 2. The van der Waals surface area contributed by atoms with Crippen molar-refractivity contribution < 1.29 is 23.8 Å². The van der Waals surface area contributed by atoms with Gasteiger partial charge in [-0.1, -0.05) is 0 Å². The number of ether oxygens (including phenoxy) is 2. The van der Waals surface area contributed by atoms with Crippen molar-refractivity contribution in [1.82, 2.24) is 14.5 Å². The summed E-state index contributed by atoms with van der Waals surface area (Å²) in [5, 5.41) is 9.42. The number of hydrogen-bond acceptors (Lipinski definition) is 7. The fourth-order valence-electron chi connectivity index (χ4n) is 4.85. The van der Waals surface area contributed by atoms with Gasteiger partial charge in [-0.15, -0.1) is 12.4 Å². The van der Waals surface area contributed by atoms with Gasteiger partial charge in [0, 0.05) is 62.6 Å². The van der Waals surface area contributed by atoms with Crippen molar-refractivity contribution >= 4 is 35.0 Å². The van der Waals surface area contributed by atoms with Crippen LogP contribution in [0.4, 0.5) is 10.1 Å². The van der Waals surface area contributed by atoms with Crippen molar-refractivity contribution in [3.8, 4) is 5.75 Å². The predicted octanol–water partition coefficient (Wildman–Crippen LogP) is 3.17. The van der Waals surface area contributed by atoms with Gasteiger partial charge < -0.3 is 24.0 Å². The molecule has 0 spiro atoms. The normalized spacial score (nSPS) is 15.8. The number of halogens is 2. The Bertz CT molecular complexity index is 1370. The summed E-state index contributed by atoms with van der Waals surface area (Å²) in [6.45, 7) is 8.33. The molecule has 36 heavy (non-hydrogen) atoms. The maximum absolute atomic E-state index is 15.1. The van der Waals surface area contributed by atoms with Crippen molar-refractivity contribution in [3.05, 3.63) is 63.0 Å². The van der Waals surface area contributed by atoms with Crippen molar-refractivity contribution in [3.63, 3.8) is 0 Å². The van der Waals surface area contributed by atoms with Crippen LogP contribution in [0.5, 0.6) is 5.75 Å². The third kappa shape index (κ3) is 4.63. The van der Waals surface area contributed by atoms with E-state index in [0.717, 1.165) is 35.7 Å². The number of benzene rings is 1. The van der Waals surface area contributed by atoms with Crippen LogP contribution in [-0.2, 0) is 24.4 Å². The lowest BCUT2D eigenvalue weighted by atomic mass is 10.1. The SMILES string of the molecule is CCn1cc(C(=O)O)c(=O)c2cc(F)c(N3CCN(Cc4cnc(C)c5c4COCO5)CC3)cc21.Cl. The molecule has 1 aromatic carbocycles. The van der Waals surface area contributed by atoms with E-state index in [4.69, 9.17) is 9.47 Å². The molecule has 1 fully saturated rings. The molecule has 0 aliphatic carbocycles. The summed E-state index contributed by atoms with van der Waals surface area (Å²) in [5.74, 6) is -1.04. The maximum atomic E-state index is 15.1. The van der Waals surface area contributed by atoms with Gasteiger partial charge in [0.05, 0.1) is 23.5 Å². The van der Waals surface area contributed by atoms with Crippen LogP contribution in [0.2, 0.25) is 0 Å². The molecule has 0 atom stereocenters. The van der Waals surface area contributed by atoms with Crippen LogP contribution in [0.25, 0.3) is 10.9 Å². The highest BCUT2D eigenvalue weighted by molar-refractivity contribution is 5.93. The van der Waals surface area contributed by atoms with Crippen LogP contribution in [0.15, 0.2) is 29.3 Å². The molecule has 0 saturated carbocycles. The van der Waals surface area contributed by atoms with E-state index in [1.165, 1.54) is 12.3 Å². The molecule has 2 aromatic heterocycles. The summed E-state index contributed by atoms with van der Waals surface area (Å²) in [6.07, 6.45) is 3.20. The Hall–Kier alpha value is -3.21. The standard InChI is InChI=1S/C25H27FN4O5.ClH/c1-3-29-12-18(25(32)33)23(31)17-8-20(26)22(9-21(17)29)30-6-4-28(5-7-30)11-16-10-27-15(2)24-19(16)13-34-14-35-24;/h8-10,12H,3-7,11,13-14H2,1-2H3,(H,32,33);1H. The Morgan fingerprint density at radius 3 is 2.67 bits per heavy atom. The number of aryl methyl sites for hydroxylation is 2. The predicted molar refractivity (Wildman–Crippen MR) is 135 cm³/mol. The number of pyridine rings is 2. The van der Waals surface area contributed by atoms with Gasteiger partial charge in [-0.05, 0) is 31.5 Å². The van der Waals surface area contributed by atoms with E-state index in [9.17, 15) is 14.7 Å². The molecule has 0 bridgehead atoms. The van der Waals surface area contributed by atoms with E-state index < -0.39 is 17.2 Å². The Morgan fingerprint density at radius 1 is 1.22 bits per heavy atom. The molecule has 5 rings (SSSR count). The Balaban J connectivity index is 0.00000304. The lowest BCUT2D eigenvalue weighted by Gasteiger charge is -2.37. The Morgan fingerprint density at radius 2 is 1.97 bits per heavy atom. The van der Waals surface area contributed by atoms with Gasteiger partial charge in [0.25, 0.3) is 0 Å². The molecule has 2 aliphatic heterocycles. The van der Waals surface area contributed by atoms with Crippen LogP contribution in [0.1, 0.15) is 34.1 Å². The summed E-state index contributed by atoms with van der Waals surface area (Å²) < 4.78 is 27.9. The van der Waals surface area contributed by atoms with E-state index in [2.05, 4.69) is 9.88 Å². The second-order valence-electron chi connectivity index (χ2n) is 8.83. The van der Waals surface area contributed by atoms with Gasteiger partial charge in [-0.2, -0.15) is 0 Å². The van der Waals surface area contributed by atoms with Crippen molar-refractivity contribution in [2.45, 2.75) is 33.5 Å². The number of carbonyl (C=O) groups is 1. The number of carboxylic acid groups (broad SMARTS) is 1. The molecule has 3 aromatic rings. The van der Waals surface area contributed by atoms with Crippen molar-refractivity contribution in [1.29, 1.82) is 0 Å². The highest BCUT2D eigenvalue weighted by atomic mass is 35.5. The van der Waals surface area contributed by atoms with Gasteiger partial charge in [0.2, 0.25) is 5.43 Å². The minimum atomic E-state index is -1.32. The summed E-state index contributed by atoms with van der Waals surface area (Å²) in [6, 6.07) is 2.83. The van der Waals surface area contributed by atoms with Gasteiger partial charge >= 0.3 is 5.97 Å². The molecule has 2 aliphatic rings. The minimum Gasteiger partial charge on any atom is -0.477 e. The zero-order valence-electron chi connectivity index (χ0n) is 20.1. The molecule has 192 valence electrons. The number of piperazine rings is 1. The minimum absolute atomic E-state index is 0. The third-order valence-corrected chi connectivity index (χ3v) is 6.76. The molecular weight excluding hydrogens is 491 g/mol. The molecule has 9 nitrogen and oxygen atoms in total. The van der Waals surface area contributed by atoms with E-state index in [1.54, 1.807) is 10.6 Å². The summed E-state index contributed by atoms with van der Waals surface area (Å²) in [4.78, 5) is 32.8. The second-order valence-corrected chi connectivity index (χ2v) is 8.83. The molecule has 1 saturated heterocycles. The maximum Gasteiger partial charge on any atom is 0.341 e. The molecular formula is C25H28ClFN4O5. The first-order chi connectivity index (χ1) is 16.9. The van der Waals surface area contributed by atoms with E-state index >= 15 is 4.39 Å². The van der Waals surface area contributed by atoms with Crippen LogP contribution in [0, 0.1) is 12.7 Å². The van der Waals surface area contributed by atoms with Gasteiger partial charge in [0.15, 0.2) is 6.79 Å². The second kappa shape index (κ2) is 10.4. The topological polar surface area (TPSA) is 97.1 Å². The van der Waals surface area contributed by atoms with Crippen LogP contribution in [-0.4, -0.2) is 58.5 Å². The van der Waals surface area contributed by atoms with Crippen molar-refractivity contribution in [2.24, 2.45) is 0 Å². The number of hydrogen-bond donors (Lipinski definition) is 1. The third-order valence-electron chi connectivity index (χ3n) is 6.76. The largest absolute Gasteiger partial charge is 0.477 e. The summed E-state index contributed by atoms with van der Waals surface area (Å²) in [5.41, 5.74) is 2.86. The Kier molecular flexibility index (Phi) is 7.49. The molecule has 1 N–H and O–H groups in total. The fourth-order valence-corrected chi connectivity index (χ4v) is 4.85. The quantitative estimate of drug-likeness (QED) is 0.550. The lowest BCUT2D eigenvalue weighted by molar-refractivity contribution is -0.0180. The number of aromatic carboxylic acids is 1. The zero-order chi connectivity index (χ0) is 24.7. The first kappa shape index (κ1) is 25.9. The van der Waals surface area contributed by atoms with Gasteiger partial charge in [-0.25, -0.2) is 9.18 Å². The molecule has 4 heterocycles. The first-order valence-corrected chi connectivity index (χ1v) is 11.6. The Labute approximate surface area is 213 Å². The highest BCUT2D eigenvalue weighted by Crippen LogP contribution is 2.31. The van der Waals surface area contributed by atoms with Gasteiger partial charge in [0.1, 0.15) is 17.1 Å². The zero-order valence-corrected chi connectivity index (χ0v) is 20.9. The smallest absolute Gasteiger partial charge is 0.341 e. The van der Waals surface area contributed by atoms with Gasteiger partial charge in [-0.3, -0.25) is 14.7 Å². The number of rotatable bonds is 5. The average molecular weight is 519 g/mol. The van der Waals surface area contributed by atoms with E-state index in [-0.39, 0.29) is 30.1 Å².